The van der Waals surface area contributed by atoms with Crippen molar-refractivity contribution in [3.05, 3.63) is 23.8 Å². The van der Waals surface area contributed by atoms with Crippen LogP contribution in [0, 0.1) is 5.92 Å². The van der Waals surface area contributed by atoms with E-state index in [1.165, 1.54) is 0 Å². The molecule has 20 heavy (non-hydrogen) atoms. The summed E-state index contributed by atoms with van der Waals surface area (Å²) in [5, 5.41) is 3.28. The van der Waals surface area contributed by atoms with Gasteiger partial charge in [0.1, 0.15) is 17.1 Å². The smallest absolute Gasteiger partial charge is 0.170 e. The SMILES string of the molecule is CC(C)COc1ccc2c(c1)OC1(CCNC1)CC2=O. The Bertz CT molecular complexity index is 518. The highest BCUT2D eigenvalue weighted by molar-refractivity contribution is 6.00. The molecule has 2 aliphatic rings. The zero-order valence-corrected chi connectivity index (χ0v) is 12.1. The number of Topliss-reactive ketones (excluding diaryl/α,β-unsaturated/α-hetero) is 1. The van der Waals surface area contributed by atoms with Crippen LogP contribution in [0.25, 0.3) is 0 Å². The molecule has 1 N–H and O–H groups in total. The molecule has 4 heteroatoms. The number of carbonyl (C=O) groups is 1. The van der Waals surface area contributed by atoms with E-state index in [2.05, 4.69) is 19.2 Å². The van der Waals surface area contributed by atoms with Crippen LogP contribution < -0.4 is 14.8 Å². The third-order valence-corrected chi connectivity index (χ3v) is 3.85. The van der Waals surface area contributed by atoms with E-state index in [1.807, 2.05) is 18.2 Å². The van der Waals surface area contributed by atoms with Gasteiger partial charge in [-0.15, -0.1) is 0 Å². The molecule has 1 spiro atoms. The predicted molar refractivity (Wildman–Crippen MR) is 76.6 cm³/mol. The Balaban J connectivity index is 1.84. The molecule has 0 radical (unpaired) electrons. The molecule has 1 atom stereocenters. The second-order valence-electron chi connectivity index (χ2n) is 6.17. The van der Waals surface area contributed by atoms with Crippen LogP contribution in [0.15, 0.2) is 18.2 Å². The van der Waals surface area contributed by atoms with Crippen molar-refractivity contribution >= 4 is 5.78 Å². The second-order valence-corrected chi connectivity index (χ2v) is 6.17. The summed E-state index contributed by atoms with van der Waals surface area (Å²) in [6.07, 6.45) is 1.36. The molecular formula is C16H21NO3. The van der Waals surface area contributed by atoms with Crippen molar-refractivity contribution in [3.8, 4) is 11.5 Å². The highest BCUT2D eigenvalue weighted by Gasteiger charge is 2.42. The summed E-state index contributed by atoms with van der Waals surface area (Å²) in [6.45, 7) is 6.54. The summed E-state index contributed by atoms with van der Waals surface area (Å²) in [4.78, 5) is 12.3. The van der Waals surface area contributed by atoms with Gasteiger partial charge < -0.3 is 14.8 Å². The van der Waals surface area contributed by atoms with Crippen LogP contribution in [0.1, 0.15) is 37.0 Å². The van der Waals surface area contributed by atoms with Crippen LogP contribution in [-0.2, 0) is 0 Å². The van der Waals surface area contributed by atoms with Crippen molar-refractivity contribution in [1.29, 1.82) is 0 Å². The summed E-state index contributed by atoms with van der Waals surface area (Å²) < 4.78 is 11.8. The molecule has 1 aromatic rings. The minimum absolute atomic E-state index is 0.172. The first-order chi connectivity index (χ1) is 9.58. The molecule has 108 valence electrons. The molecule has 0 aliphatic carbocycles. The van der Waals surface area contributed by atoms with E-state index in [0.29, 0.717) is 30.3 Å². The van der Waals surface area contributed by atoms with Crippen molar-refractivity contribution in [2.24, 2.45) is 5.92 Å². The van der Waals surface area contributed by atoms with Crippen LogP contribution in [0.5, 0.6) is 11.5 Å². The van der Waals surface area contributed by atoms with Gasteiger partial charge in [-0.05, 0) is 24.6 Å². The monoisotopic (exact) mass is 275 g/mol. The van der Waals surface area contributed by atoms with Crippen LogP contribution >= 0.6 is 0 Å². The second kappa shape index (κ2) is 5.09. The first-order valence-electron chi connectivity index (χ1n) is 7.28. The van der Waals surface area contributed by atoms with E-state index < -0.39 is 0 Å². The van der Waals surface area contributed by atoms with Gasteiger partial charge in [0.2, 0.25) is 0 Å². The van der Waals surface area contributed by atoms with Crippen LogP contribution in [0.4, 0.5) is 0 Å². The summed E-state index contributed by atoms with van der Waals surface area (Å²) in [6, 6.07) is 5.53. The molecule has 0 aromatic heterocycles. The zero-order chi connectivity index (χ0) is 14.2. The lowest BCUT2D eigenvalue weighted by Crippen LogP contribution is -2.43. The molecule has 0 bridgehead atoms. The number of ether oxygens (including phenoxy) is 2. The molecule has 1 aromatic carbocycles. The normalized spacial score (nSPS) is 24.9. The van der Waals surface area contributed by atoms with Gasteiger partial charge in [0.25, 0.3) is 0 Å². The number of rotatable bonds is 3. The van der Waals surface area contributed by atoms with Crippen molar-refractivity contribution < 1.29 is 14.3 Å². The van der Waals surface area contributed by atoms with Crippen molar-refractivity contribution in [2.75, 3.05) is 19.7 Å². The Morgan fingerprint density at radius 2 is 2.30 bits per heavy atom. The van der Waals surface area contributed by atoms with Gasteiger partial charge in [-0.2, -0.15) is 0 Å². The molecule has 0 amide bonds. The number of carbonyl (C=O) groups excluding carboxylic acids is 1. The Labute approximate surface area is 119 Å². The molecule has 1 unspecified atom stereocenters. The summed E-state index contributed by atoms with van der Waals surface area (Å²) in [5.41, 5.74) is 0.334. The molecule has 1 fully saturated rings. The van der Waals surface area contributed by atoms with Crippen molar-refractivity contribution in [1.82, 2.24) is 5.32 Å². The average Bonchev–Trinajstić information content (AvgIpc) is 2.83. The summed E-state index contributed by atoms with van der Waals surface area (Å²) >= 11 is 0. The molecule has 3 rings (SSSR count). The molecule has 2 aliphatic heterocycles. The Kier molecular flexibility index (Phi) is 3.42. The fraction of sp³-hybridized carbons (Fsp3) is 0.562. The minimum Gasteiger partial charge on any atom is -0.493 e. The molecule has 2 heterocycles. The molecule has 1 saturated heterocycles. The fourth-order valence-corrected chi connectivity index (χ4v) is 2.79. The lowest BCUT2D eigenvalue weighted by molar-refractivity contribution is 0.0526. The van der Waals surface area contributed by atoms with Crippen molar-refractivity contribution in [2.45, 2.75) is 32.3 Å². The quantitative estimate of drug-likeness (QED) is 0.920. The molecular weight excluding hydrogens is 254 g/mol. The first-order valence-corrected chi connectivity index (χ1v) is 7.28. The third kappa shape index (κ3) is 2.52. The summed E-state index contributed by atoms with van der Waals surface area (Å²) in [7, 11) is 0. The predicted octanol–water partition coefficient (Wildman–Crippen LogP) is 2.42. The van der Waals surface area contributed by atoms with Gasteiger partial charge in [0.05, 0.1) is 18.6 Å². The number of fused-ring (bicyclic) bond motifs is 1. The van der Waals surface area contributed by atoms with Crippen LogP contribution in [0.3, 0.4) is 0 Å². The van der Waals surface area contributed by atoms with Crippen LogP contribution in [0.2, 0.25) is 0 Å². The highest BCUT2D eigenvalue weighted by atomic mass is 16.5. The minimum atomic E-state index is -0.346. The fourth-order valence-electron chi connectivity index (χ4n) is 2.79. The summed E-state index contributed by atoms with van der Waals surface area (Å²) in [5.74, 6) is 2.09. The van der Waals surface area contributed by atoms with Gasteiger partial charge in [-0.3, -0.25) is 4.79 Å². The largest absolute Gasteiger partial charge is 0.493 e. The van der Waals surface area contributed by atoms with E-state index >= 15 is 0 Å². The number of nitrogens with one attached hydrogen (secondary N) is 1. The number of ketones is 1. The zero-order valence-electron chi connectivity index (χ0n) is 12.1. The van der Waals surface area contributed by atoms with E-state index in [-0.39, 0.29) is 11.4 Å². The maximum Gasteiger partial charge on any atom is 0.170 e. The van der Waals surface area contributed by atoms with Gasteiger partial charge >= 0.3 is 0 Å². The third-order valence-electron chi connectivity index (χ3n) is 3.85. The van der Waals surface area contributed by atoms with Gasteiger partial charge in [0, 0.05) is 19.0 Å². The van der Waals surface area contributed by atoms with Gasteiger partial charge in [-0.25, -0.2) is 0 Å². The van der Waals surface area contributed by atoms with E-state index in [0.717, 1.165) is 25.3 Å². The number of benzene rings is 1. The molecule has 4 nitrogen and oxygen atoms in total. The lowest BCUT2D eigenvalue weighted by Gasteiger charge is -2.34. The van der Waals surface area contributed by atoms with E-state index in [9.17, 15) is 4.79 Å². The van der Waals surface area contributed by atoms with Gasteiger partial charge in [0.15, 0.2) is 5.78 Å². The maximum absolute atomic E-state index is 12.3. The highest BCUT2D eigenvalue weighted by Crippen LogP contribution is 2.38. The Morgan fingerprint density at radius 1 is 1.45 bits per heavy atom. The van der Waals surface area contributed by atoms with Crippen molar-refractivity contribution in [3.63, 3.8) is 0 Å². The first kappa shape index (κ1) is 13.4. The van der Waals surface area contributed by atoms with Crippen LogP contribution in [-0.4, -0.2) is 31.1 Å². The average molecular weight is 275 g/mol. The lowest BCUT2D eigenvalue weighted by atomic mass is 9.89. The molecule has 0 saturated carbocycles. The topological polar surface area (TPSA) is 47.6 Å². The van der Waals surface area contributed by atoms with E-state index in [4.69, 9.17) is 9.47 Å². The standard InChI is InChI=1S/C16H21NO3/c1-11(2)9-19-12-3-4-13-14(18)8-16(5-6-17-10-16)20-15(13)7-12/h3-4,7,11,17H,5-6,8-10H2,1-2H3. The Hall–Kier alpha value is -1.55. The van der Waals surface area contributed by atoms with Gasteiger partial charge in [-0.1, -0.05) is 13.8 Å². The van der Waals surface area contributed by atoms with E-state index in [1.54, 1.807) is 0 Å². The number of hydrogen-bond donors (Lipinski definition) is 1. The Morgan fingerprint density at radius 3 is 3.00 bits per heavy atom. The maximum atomic E-state index is 12.3. The number of hydrogen-bond acceptors (Lipinski definition) is 4.